The number of rotatable bonds is 10. The molecule has 3 nitrogen and oxygen atoms in total. The fourth-order valence-corrected chi connectivity index (χ4v) is 1.78. The Balaban J connectivity index is 4.11. The normalized spacial score (nSPS) is 13.6. The van der Waals surface area contributed by atoms with Crippen LogP contribution in [0, 0.1) is 5.92 Å². The summed E-state index contributed by atoms with van der Waals surface area (Å²) in [6.07, 6.45) is 16.9. The van der Waals surface area contributed by atoms with E-state index in [4.69, 9.17) is 5.11 Å². The summed E-state index contributed by atoms with van der Waals surface area (Å²) in [5, 5.41) is 11.1. The third kappa shape index (κ3) is 12.7. The van der Waals surface area contributed by atoms with Crippen molar-refractivity contribution in [3.63, 3.8) is 0 Å². The number of hydrogen-bond donors (Lipinski definition) is 2. The van der Waals surface area contributed by atoms with Crippen LogP contribution in [0.3, 0.4) is 0 Å². The Morgan fingerprint density at radius 2 is 1.89 bits per heavy atom. The largest absolute Gasteiger partial charge is 0.465 e. The molecule has 1 atom stereocenters. The van der Waals surface area contributed by atoms with Crippen LogP contribution in [0.2, 0.25) is 0 Å². The van der Waals surface area contributed by atoms with Gasteiger partial charge in [-0.1, -0.05) is 69.1 Å². The molecule has 0 aliphatic rings. The Morgan fingerprint density at radius 1 is 1.16 bits per heavy atom. The van der Waals surface area contributed by atoms with Gasteiger partial charge in [-0.05, 0) is 19.3 Å². The molecule has 0 radical (unpaired) electrons. The second kappa shape index (κ2) is 12.9. The Bertz CT molecular complexity index is 306. The molecule has 1 amide bonds. The third-order valence-electron chi connectivity index (χ3n) is 2.85. The van der Waals surface area contributed by atoms with E-state index in [0.29, 0.717) is 6.54 Å². The van der Waals surface area contributed by atoms with E-state index in [1.807, 2.05) is 37.3 Å². The zero-order valence-corrected chi connectivity index (χ0v) is 12.1. The summed E-state index contributed by atoms with van der Waals surface area (Å²) >= 11 is 0. The highest BCUT2D eigenvalue weighted by Crippen LogP contribution is 2.12. The van der Waals surface area contributed by atoms with Gasteiger partial charge in [0.05, 0.1) is 0 Å². The number of nitrogens with one attached hydrogen (secondary N) is 1. The van der Waals surface area contributed by atoms with Gasteiger partial charge in [-0.2, -0.15) is 0 Å². The monoisotopic (exact) mass is 265 g/mol. The van der Waals surface area contributed by atoms with Gasteiger partial charge in [0, 0.05) is 6.54 Å². The van der Waals surface area contributed by atoms with Crippen LogP contribution < -0.4 is 5.32 Å². The van der Waals surface area contributed by atoms with Crippen molar-refractivity contribution < 1.29 is 9.90 Å². The lowest BCUT2D eigenvalue weighted by atomic mass is 10.00. The smallest absolute Gasteiger partial charge is 0.404 e. The quantitative estimate of drug-likeness (QED) is 0.450. The van der Waals surface area contributed by atoms with Crippen molar-refractivity contribution in [2.45, 2.75) is 46.0 Å². The number of hydrogen-bond acceptors (Lipinski definition) is 1. The van der Waals surface area contributed by atoms with Gasteiger partial charge in [0.2, 0.25) is 0 Å². The molecule has 19 heavy (non-hydrogen) atoms. The van der Waals surface area contributed by atoms with Gasteiger partial charge in [-0.3, -0.25) is 0 Å². The molecule has 0 aliphatic carbocycles. The van der Waals surface area contributed by atoms with Gasteiger partial charge >= 0.3 is 6.09 Å². The first-order valence-corrected chi connectivity index (χ1v) is 7.13. The molecule has 0 aromatic rings. The van der Waals surface area contributed by atoms with Gasteiger partial charge in [-0.15, -0.1) is 0 Å². The maximum absolute atomic E-state index is 10.5. The molecule has 0 bridgehead atoms. The average Bonchev–Trinajstić information content (AvgIpc) is 2.39. The van der Waals surface area contributed by atoms with E-state index in [9.17, 15) is 4.79 Å². The maximum Gasteiger partial charge on any atom is 0.404 e. The zero-order chi connectivity index (χ0) is 14.3. The van der Waals surface area contributed by atoms with E-state index in [1.54, 1.807) is 0 Å². The number of carbonyl (C=O) groups is 1. The lowest BCUT2D eigenvalue weighted by Gasteiger charge is -2.12. The summed E-state index contributed by atoms with van der Waals surface area (Å²) in [4.78, 5) is 10.5. The molecule has 0 rings (SSSR count). The van der Waals surface area contributed by atoms with Crippen molar-refractivity contribution in [1.29, 1.82) is 0 Å². The molecule has 0 saturated heterocycles. The minimum absolute atomic E-state index is 0.281. The van der Waals surface area contributed by atoms with E-state index in [2.05, 4.69) is 18.3 Å². The highest BCUT2D eigenvalue weighted by atomic mass is 16.4. The molecule has 0 aromatic heterocycles. The third-order valence-corrected chi connectivity index (χ3v) is 2.85. The van der Waals surface area contributed by atoms with E-state index in [1.165, 1.54) is 19.3 Å². The second-order valence-electron chi connectivity index (χ2n) is 4.59. The van der Waals surface area contributed by atoms with Gasteiger partial charge < -0.3 is 10.4 Å². The number of allylic oxidation sites excluding steroid dienone is 5. The van der Waals surface area contributed by atoms with Crippen molar-refractivity contribution in [2.24, 2.45) is 5.92 Å². The molecule has 0 aliphatic heterocycles. The Hall–Kier alpha value is -1.51. The number of unbranched alkanes of at least 4 members (excludes halogenated alkanes) is 3. The molecule has 0 fully saturated rings. The second-order valence-corrected chi connectivity index (χ2v) is 4.59. The molecule has 3 heteroatoms. The molecule has 0 spiro atoms. The molecule has 0 saturated carbocycles. The van der Waals surface area contributed by atoms with Gasteiger partial charge in [0.1, 0.15) is 0 Å². The Labute approximate surface area is 117 Å². The minimum atomic E-state index is -0.948. The first-order chi connectivity index (χ1) is 9.20. The predicted molar refractivity (Wildman–Crippen MR) is 81.4 cm³/mol. The van der Waals surface area contributed by atoms with E-state index in [-0.39, 0.29) is 5.92 Å². The number of carboxylic acid groups (broad SMARTS) is 1. The van der Waals surface area contributed by atoms with Crippen LogP contribution in [0.5, 0.6) is 0 Å². The summed E-state index contributed by atoms with van der Waals surface area (Å²) in [7, 11) is 0. The van der Waals surface area contributed by atoms with Crippen LogP contribution in [0.15, 0.2) is 36.5 Å². The summed E-state index contributed by atoms with van der Waals surface area (Å²) in [6.45, 7) is 4.66. The van der Waals surface area contributed by atoms with Crippen LogP contribution in [0.1, 0.15) is 46.0 Å². The van der Waals surface area contributed by atoms with Gasteiger partial charge in [0.25, 0.3) is 0 Å². The summed E-state index contributed by atoms with van der Waals surface area (Å²) in [5.41, 5.74) is 0. The molecule has 0 aromatic carbocycles. The molecule has 108 valence electrons. The lowest BCUT2D eigenvalue weighted by molar-refractivity contribution is 0.193. The number of amides is 1. The molecule has 2 N–H and O–H groups in total. The van der Waals surface area contributed by atoms with Gasteiger partial charge in [-0.25, -0.2) is 4.79 Å². The highest BCUT2D eigenvalue weighted by Gasteiger charge is 2.05. The summed E-state index contributed by atoms with van der Waals surface area (Å²) in [6, 6.07) is 0. The van der Waals surface area contributed by atoms with E-state index >= 15 is 0 Å². The van der Waals surface area contributed by atoms with Crippen molar-refractivity contribution >= 4 is 6.09 Å². The average molecular weight is 265 g/mol. The predicted octanol–water partition coefficient (Wildman–Crippen LogP) is 4.53. The Kier molecular flexibility index (Phi) is 11.9. The molecular formula is C16H27NO2. The van der Waals surface area contributed by atoms with Crippen LogP contribution in [0.4, 0.5) is 4.79 Å². The maximum atomic E-state index is 10.5. The molecular weight excluding hydrogens is 238 g/mol. The fourth-order valence-electron chi connectivity index (χ4n) is 1.78. The van der Waals surface area contributed by atoms with Crippen molar-refractivity contribution in [1.82, 2.24) is 5.32 Å². The van der Waals surface area contributed by atoms with Crippen LogP contribution in [0.25, 0.3) is 0 Å². The highest BCUT2D eigenvalue weighted by molar-refractivity contribution is 5.64. The van der Waals surface area contributed by atoms with Gasteiger partial charge in [0.15, 0.2) is 0 Å². The summed E-state index contributed by atoms with van der Waals surface area (Å²) < 4.78 is 0. The standard InChI is InChI=1S/C16H27NO2/c1-3-5-7-9-11-13-15(14-17-16(18)19)12-10-8-6-4-2/h3,5,7,9,11,13,15,17H,4,6,8,10,12,14H2,1-2H3,(H,18,19)/b5-3+,9-7+,13-11+. The molecule has 1 unspecified atom stereocenters. The Morgan fingerprint density at radius 3 is 2.53 bits per heavy atom. The fraction of sp³-hybridized carbons (Fsp3) is 0.562. The van der Waals surface area contributed by atoms with E-state index in [0.717, 1.165) is 12.8 Å². The van der Waals surface area contributed by atoms with Crippen molar-refractivity contribution in [3.05, 3.63) is 36.5 Å². The molecule has 0 heterocycles. The van der Waals surface area contributed by atoms with E-state index < -0.39 is 6.09 Å². The van der Waals surface area contributed by atoms with Crippen molar-refractivity contribution in [2.75, 3.05) is 6.54 Å². The van der Waals surface area contributed by atoms with Crippen LogP contribution in [-0.4, -0.2) is 17.7 Å². The van der Waals surface area contributed by atoms with Crippen molar-refractivity contribution in [3.8, 4) is 0 Å². The zero-order valence-electron chi connectivity index (χ0n) is 12.1. The topological polar surface area (TPSA) is 49.3 Å². The first-order valence-electron chi connectivity index (χ1n) is 7.13. The summed E-state index contributed by atoms with van der Waals surface area (Å²) in [5.74, 6) is 0.281. The minimum Gasteiger partial charge on any atom is -0.465 e. The lowest BCUT2D eigenvalue weighted by Crippen LogP contribution is -2.26. The van der Waals surface area contributed by atoms with Crippen LogP contribution in [-0.2, 0) is 0 Å². The first kappa shape index (κ1) is 17.5. The van der Waals surface area contributed by atoms with Crippen LogP contribution >= 0.6 is 0 Å². The SMILES string of the molecule is C/C=C/C=C/C=C/C(CCCCCC)CNC(=O)O.